The van der Waals surface area contributed by atoms with Crippen molar-refractivity contribution < 1.29 is 24.6 Å². The summed E-state index contributed by atoms with van der Waals surface area (Å²) in [6.07, 6.45) is 1.26. The van der Waals surface area contributed by atoms with Crippen molar-refractivity contribution in [2.75, 3.05) is 19.6 Å². The number of oxime groups is 1. The van der Waals surface area contributed by atoms with E-state index in [2.05, 4.69) is 26.9 Å². The highest BCUT2D eigenvalue weighted by Gasteiger charge is 2.35. The van der Waals surface area contributed by atoms with Gasteiger partial charge in [-0.25, -0.2) is 9.59 Å². The SMILES string of the molecule is O=C(O)C(=O)O.c1cc(CO/N=C2\CN3CCC2C3)cs1. The predicted octanol–water partition coefficient (Wildman–Crippen LogP) is 1.11. The fourth-order valence-electron chi connectivity index (χ4n) is 2.27. The molecule has 0 radical (unpaired) electrons. The molecular weight excluding hydrogens is 296 g/mol. The van der Waals surface area contributed by atoms with Gasteiger partial charge in [-0.3, -0.25) is 4.90 Å². The van der Waals surface area contributed by atoms with Gasteiger partial charge in [-0.1, -0.05) is 5.16 Å². The Balaban J connectivity index is 0.000000232. The average molecular weight is 312 g/mol. The Labute approximate surface area is 125 Å². The molecule has 8 heteroatoms. The fourth-order valence-corrected chi connectivity index (χ4v) is 2.93. The summed E-state index contributed by atoms with van der Waals surface area (Å²) < 4.78 is 0. The fraction of sp³-hybridized carbons (Fsp3) is 0.462. The van der Waals surface area contributed by atoms with Crippen molar-refractivity contribution in [3.8, 4) is 0 Å². The Morgan fingerprint density at radius 1 is 1.43 bits per heavy atom. The molecule has 3 rings (SSSR count). The van der Waals surface area contributed by atoms with Crippen molar-refractivity contribution in [3.63, 3.8) is 0 Å². The maximum absolute atomic E-state index is 9.10. The van der Waals surface area contributed by atoms with Crippen molar-refractivity contribution in [2.24, 2.45) is 11.1 Å². The van der Waals surface area contributed by atoms with Gasteiger partial charge < -0.3 is 15.1 Å². The number of fused-ring (bicyclic) bond motifs is 2. The number of nitrogens with zero attached hydrogens (tertiary/aromatic N) is 2. The second kappa shape index (κ2) is 7.19. The van der Waals surface area contributed by atoms with E-state index in [1.165, 1.54) is 30.8 Å². The third-order valence-electron chi connectivity index (χ3n) is 3.31. The molecular formula is C13H16N2O5S. The largest absolute Gasteiger partial charge is 0.473 e. The second-order valence-corrected chi connectivity index (χ2v) is 5.60. The molecule has 2 saturated heterocycles. The van der Waals surface area contributed by atoms with Gasteiger partial charge in [0.05, 0.1) is 5.71 Å². The molecule has 0 saturated carbocycles. The first-order valence-corrected chi connectivity index (χ1v) is 7.39. The summed E-state index contributed by atoms with van der Waals surface area (Å²) in [4.78, 5) is 26.0. The smallest absolute Gasteiger partial charge is 0.414 e. The van der Waals surface area contributed by atoms with E-state index >= 15 is 0 Å². The normalized spacial score (nSPS) is 24.5. The summed E-state index contributed by atoms with van der Waals surface area (Å²) >= 11 is 1.70. The number of carbonyl (C=O) groups is 2. The molecule has 2 atom stereocenters. The Bertz CT molecular complexity index is 517. The number of carboxylic acids is 2. The van der Waals surface area contributed by atoms with Gasteiger partial charge >= 0.3 is 11.9 Å². The van der Waals surface area contributed by atoms with E-state index in [1.807, 2.05) is 0 Å². The molecule has 2 fully saturated rings. The lowest BCUT2D eigenvalue weighted by atomic mass is 10.0. The molecule has 0 spiro atoms. The van der Waals surface area contributed by atoms with Crippen LogP contribution in [0.1, 0.15) is 12.0 Å². The van der Waals surface area contributed by atoms with Gasteiger partial charge in [0.15, 0.2) is 0 Å². The minimum Gasteiger partial charge on any atom is -0.473 e. The molecule has 7 nitrogen and oxygen atoms in total. The van der Waals surface area contributed by atoms with Crippen molar-refractivity contribution in [2.45, 2.75) is 13.0 Å². The van der Waals surface area contributed by atoms with Gasteiger partial charge in [0, 0.05) is 24.6 Å². The van der Waals surface area contributed by atoms with Gasteiger partial charge in [0.25, 0.3) is 0 Å². The first-order chi connectivity index (χ1) is 10.1. The van der Waals surface area contributed by atoms with Gasteiger partial charge in [-0.05, 0) is 29.8 Å². The molecule has 21 heavy (non-hydrogen) atoms. The maximum atomic E-state index is 9.10. The van der Waals surface area contributed by atoms with Crippen LogP contribution in [0.15, 0.2) is 22.0 Å². The summed E-state index contributed by atoms with van der Waals surface area (Å²) in [7, 11) is 0. The molecule has 2 aliphatic heterocycles. The summed E-state index contributed by atoms with van der Waals surface area (Å²) in [6, 6.07) is 2.08. The van der Waals surface area contributed by atoms with Crippen LogP contribution in [0.4, 0.5) is 0 Å². The maximum Gasteiger partial charge on any atom is 0.414 e. The Morgan fingerprint density at radius 2 is 2.19 bits per heavy atom. The molecule has 0 aliphatic carbocycles. The highest BCUT2D eigenvalue weighted by atomic mass is 32.1. The molecule has 2 aliphatic rings. The zero-order valence-electron chi connectivity index (χ0n) is 11.3. The number of hydrogen-bond donors (Lipinski definition) is 2. The molecule has 1 aromatic heterocycles. The van der Waals surface area contributed by atoms with Crippen LogP contribution in [-0.2, 0) is 21.0 Å². The van der Waals surface area contributed by atoms with E-state index in [4.69, 9.17) is 24.6 Å². The van der Waals surface area contributed by atoms with Crippen LogP contribution in [-0.4, -0.2) is 52.4 Å². The summed E-state index contributed by atoms with van der Waals surface area (Å²) in [6.45, 7) is 4.07. The van der Waals surface area contributed by atoms with Crippen molar-refractivity contribution >= 4 is 29.0 Å². The number of thiophene rings is 1. The monoisotopic (exact) mass is 312 g/mol. The van der Waals surface area contributed by atoms with Crippen LogP contribution in [0.25, 0.3) is 0 Å². The minimum absolute atomic E-state index is 0.611. The highest BCUT2D eigenvalue weighted by Crippen LogP contribution is 2.25. The van der Waals surface area contributed by atoms with Crippen molar-refractivity contribution in [1.29, 1.82) is 0 Å². The van der Waals surface area contributed by atoms with Crippen LogP contribution in [0.3, 0.4) is 0 Å². The van der Waals surface area contributed by atoms with E-state index in [1.54, 1.807) is 11.3 Å². The molecule has 0 aromatic carbocycles. The van der Waals surface area contributed by atoms with Crippen LogP contribution >= 0.6 is 11.3 Å². The third kappa shape index (κ3) is 4.54. The minimum atomic E-state index is -1.82. The Kier molecular flexibility index (Phi) is 5.29. The van der Waals surface area contributed by atoms with E-state index < -0.39 is 11.9 Å². The van der Waals surface area contributed by atoms with Crippen molar-refractivity contribution in [3.05, 3.63) is 22.4 Å². The van der Waals surface area contributed by atoms with E-state index in [9.17, 15) is 0 Å². The average Bonchev–Trinajstić information content (AvgIpc) is 3.16. The van der Waals surface area contributed by atoms with Gasteiger partial charge in [0.2, 0.25) is 0 Å². The number of hydrogen-bond acceptors (Lipinski definition) is 6. The summed E-state index contributed by atoms with van der Waals surface area (Å²) in [5.74, 6) is -2.97. The second-order valence-electron chi connectivity index (χ2n) is 4.82. The highest BCUT2D eigenvalue weighted by molar-refractivity contribution is 7.07. The third-order valence-corrected chi connectivity index (χ3v) is 4.04. The molecule has 1 aromatic rings. The summed E-state index contributed by atoms with van der Waals surface area (Å²) in [5, 5.41) is 23.2. The van der Waals surface area contributed by atoms with Gasteiger partial charge in [-0.15, -0.1) is 0 Å². The van der Waals surface area contributed by atoms with Crippen LogP contribution < -0.4 is 0 Å². The molecule has 0 amide bonds. The van der Waals surface area contributed by atoms with Crippen LogP contribution in [0.2, 0.25) is 0 Å². The predicted molar refractivity (Wildman–Crippen MR) is 76.4 cm³/mol. The van der Waals surface area contributed by atoms with Crippen LogP contribution in [0, 0.1) is 5.92 Å². The van der Waals surface area contributed by atoms with Gasteiger partial charge in [-0.2, -0.15) is 11.3 Å². The molecule has 2 bridgehead atoms. The lowest BCUT2D eigenvalue weighted by molar-refractivity contribution is -0.159. The Hall–Kier alpha value is -1.93. The number of rotatable bonds is 3. The van der Waals surface area contributed by atoms with E-state index in [0.29, 0.717) is 12.5 Å². The molecule has 2 unspecified atom stereocenters. The van der Waals surface area contributed by atoms with Crippen LogP contribution in [0.5, 0.6) is 0 Å². The zero-order valence-corrected chi connectivity index (χ0v) is 12.1. The zero-order chi connectivity index (χ0) is 15.2. The lowest BCUT2D eigenvalue weighted by Gasteiger charge is -2.12. The quantitative estimate of drug-likeness (QED) is 0.641. The molecule has 3 heterocycles. The molecule has 2 N–H and O–H groups in total. The summed E-state index contributed by atoms with van der Waals surface area (Å²) in [5.41, 5.74) is 2.46. The lowest BCUT2D eigenvalue weighted by Crippen LogP contribution is -2.23. The number of piperidine rings is 1. The number of aliphatic carboxylic acids is 2. The Morgan fingerprint density at radius 3 is 2.67 bits per heavy atom. The first kappa shape index (κ1) is 15.5. The first-order valence-electron chi connectivity index (χ1n) is 6.44. The molecule has 114 valence electrons. The van der Waals surface area contributed by atoms with Gasteiger partial charge in [0.1, 0.15) is 6.61 Å². The van der Waals surface area contributed by atoms with E-state index in [0.717, 1.165) is 6.54 Å². The topological polar surface area (TPSA) is 99.4 Å². The van der Waals surface area contributed by atoms with E-state index in [-0.39, 0.29) is 0 Å². The standard InChI is InChI=1S/C11H14N2OS.C2H2O4/c1-3-13-5-10(1)11(6-13)12-14-7-9-2-4-15-8-9;3-1(4)2(5)6/h2,4,8,10H,1,3,5-7H2;(H,3,4)(H,5,6)/b12-11+;. The number of carboxylic acid groups (broad SMARTS) is 2. The van der Waals surface area contributed by atoms with Crippen molar-refractivity contribution in [1.82, 2.24) is 4.90 Å².